The smallest absolute Gasteiger partial charge is 0.0992 e. The Balaban J connectivity index is 0.00000210. The van der Waals surface area contributed by atoms with E-state index in [4.69, 9.17) is 0 Å². The van der Waals surface area contributed by atoms with E-state index in [9.17, 15) is 5.26 Å². The molecule has 1 rings (SSSR count). The van der Waals surface area contributed by atoms with Gasteiger partial charge in [-0.05, 0) is 37.1 Å². The van der Waals surface area contributed by atoms with Crippen molar-refractivity contribution in [3.8, 4) is 6.07 Å². The summed E-state index contributed by atoms with van der Waals surface area (Å²) in [5.41, 5.74) is 5.82. The molecule has 0 amide bonds. The number of hydrogen-bond donors (Lipinski definition) is 2. The Morgan fingerprint density at radius 3 is 2.26 bits per heavy atom. The van der Waals surface area contributed by atoms with Crippen molar-refractivity contribution >= 4 is 11.4 Å². The van der Waals surface area contributed by atoms with E-state index in [1.165, 1.54) is 6.42 Å². The Morgan fingerprint density at radius 1 is 1.22 bits per heavy atom. The van der Waals surface area contributed by atoms with Crippen molar-refractivity contribution in [3.05, 3.63) is 72.1 Å². The molecule has 0 bridgehead atoms. The van der Waals surface area contributed by atoms with Gasteiger partial charge < -0.3 is 15.5 Å². The largest absolute Gasteiger partial charge is 0.389 e. The first kappa shape index (κ1) is 24.1. The molecule has 146 valence electrons. The van der Waals surface area contributed by atoms with Gasteiger partial charge in [0, 0.05) is 43.8 Å². The Bertz CT molecular complexity index is 733. The van der Waals surface area contributed by atoms with E-state index < -0.39 is 0 Å². The molecule has 0 aliphatic heterocycles. The zero-order chi connectivity index (χ0) is 21.0. The molecule has 4 nitrogen and oxygen atoms in total. The molecule has 0 aliphatic carbocycles. The lowest BCUT2D eigenvalue weighted by atomic mass is 10.00. The highest BCUT2D eigenvalue weighted by atomic mass is 15.1. The summed E-state index contributed by atoms with van der Waals surface area (Å²) in [6.45, 7) is 21.0. The molecule has 0 aliphatic rings. The van der Waals surface area contributed by atoms with Gasteiger partial charge in [-0.25, -0.2) is 0 Å². The highest BCUT2D eigenvalue weighted by Gasteiger charge is 2.13. The second-order valence-corrected chi connectivity index (χ2v) is 6.33. The Labute approximate surface area is 165 Å². The van der Waals surface area contributed by atoms with Gasteiger partial charge in [-0.2, -0.15) is 5.26 Å². The highest BCUT2D eigenvalue weighted by Crippen LogP contribution is 2.29. The van der Waals surface area contributed by atoms with Crippen LogP contribution in [0, 0.1) is 18.3 Å². The normalized spacial score (nSPS) is 10.0. The van der Waals surface area contributed by atoms with E-state index >= 15 is 0 Å². The minimum atomic E-state index is 0.577. The summed E-state index contributed by atoms with van der Waals surface area (Å²) < 4.78 is 0. The molecule has 27 heavy (non-hydrogen) atoms. The SMILES string of the molecule is C=CC(=C)C(=CNCC)Nc1cc(C#N)cc(C(=C)N(C)C)c1C.CCC. The molecule has 0 heterocycles. The summed E-state index contributed by atoms with van der Waals surface area (Å²) in [7, 11) is 3.87. The average molecular weight is 367 g/mol. The van der Waals surface area contributed by atoms with Crippen molar-refractivity contribution in [3.63, 3.8) is 0 Å². The van der Waals surface area contributed by atoms with Gasteiger partial charge in [0.25, 0.3) is 0 Å². The Kier molecular flexibility index (Phi) is 11.1. The standard InChI is InChI=1S/C20H26N4.C3H8/c1-8-14(3)20(13-22-9-2)23-19-11-17(12-21)10-18(15(19)4)16(5)24(6)7;1-3-2/h8,10-11,13,22-23H,1,3,5,9H2,2,4,6-7H3;3H2,1-2H3. The van der Waals surface area contributed by atoms with Gasteiger partial charge in [0.1, 0.15) is 0 Å². The fraction of sp³-hybridized carbons (Fsp3) is 0.348. The number of rotatable bonds is 8. The van der Waals surface area contributed by atoms with Crippen LogP contribution in [0.15, 0.2) is 55.4 Å². The second-order valence-electron chi connectivity index (χ2n) is 6.33. The quantitative estimate of drug-likeness (QED) is 0.603. The average Bonchev–Trinajstić information content (AvgIpc) is 2.65. The van der Waals surface area contributed by atoms with E-state index in [0.717, 1.165) is 40.3 Å². The summed E-state index contributed by atoms with van der Waals surface area (Å²) in [4.78, 5) is 1.94. The maximum absolute atomic E-state index is 9.35. The predicted octanol–water partition coefficient (Wildman–Crippen LogP) is 5.42. The molecule has 1 aromatic carbocycles. The third-order valence-corrected chi connectivity index (χ3v) is 3.70. The molecule has 0 saturated carbocycles. The van der Waals surface area contributed by atoms with E-state index in [-0.39, 0.29) is 0 Å². The summed E-state index contributed by atoms with van der Waals surface area (Å²) in [5, 5.41) is 15.9. The first-order valence-corrected chi connectivity index (χ1v) is 9.20. The zero-order valence-electron chi connectivity index (χ0n) is 17.7. The third-order valence-electron chi connectivity index (χ3n) is 3.70. The lowest BCUT2D eigenvalue weighted by molar-refractivity contribution is 0.593. The Morgan fingerprint density at radius 2 is 1.81 bits per heavy atom. The molecule has 1 aromatic rings. The fourth-order valence-electron chi connectivity index (χ4n) is 2.12. The number of benzene rings is 1. The number of hydrogen-bond acceptors (Lipinski definition) is 4. The summed E-state index contributed by atoms with van der Waals surface area (Å²) in [6, 6.07) is 5.90. The van der Waals surface area contributed by atoms with Gasteiger partial charge in [-0.15, -0.1) is 0 Å². The molecule has 0 spiro atoms. The third kappa shape index (κ3) is 7.45. The van der Waals surface area contributed by atoms with Crippen LogP contribution in [0.3, 0.4) is 0 Å². The molecule has 0 aromatic heterocycles. The minimum Gasteiger partial charge on any atom is -0.389 e. The Hall–Kier alpha value is -2.93. The van der Waals surface area contributed by atoms with Gasteiger partial charge in [-0.3, -0.25) is 0 Å². The molecule has 2 N–H and O–H groups in total. The molecule has 0 fully saturated rings. The monoisotopic (exact) mass is 366 g/mol. The van der Waals surface area contributed by atoms with Crippen molar-refractivity contribution in [1.82, 2.24) is 10.2 Å². The summed E-state index contributed by atoms with van der Waals surface area (Å²) >= 11 is 0. The van der Waals surface area contributed by atoms with Gasteiger partial charge in [-0.1, -0.05) is 46.1 Å². The number of allylic oxidation sites excluding steroid dienone is 1. The van der Waals surface area contributed by atoms with Crippen molar-refractivity contribution in [2.75, 3.05) is 26.0 Å². The molecule has 0 atom stereocenters. The van der Waals surface area contributed by atoms with Crippen LogP contribution in [0.25, 0.3) is 5.70 Å². The summed E-state index contributed by atoms with van der Waals surface area (Å²) in [5.74, 6) is 0. The minimum absolute atomic E-state index is 0.577. The first-order chi connectivity index (χ1) is 12.8. The molecule has 0 radical (unpaired) electrons. The predicted molar refractivity (Wildman–Crippen MR) is 119 cm³/mol. The van der Waals surface area contributed by atoms with Crippen LogP contribution < -0.4 is 10.6 Å². The van der Waals surface area contributed by atoms with Crippen LogP contribution >= 0.6 is 0 Å². The second kappa shape index (κ2) is 12.4. The van der Waals surface area contributed by atoms with Gasteiger partial charge in [0.15, 0.2) is 0 Å². The van der Waals surface area contributed by atoms with Crippen LogP contribution in [0.2, 0.25) is 0 Å². The van der Waals surface area contributed by atoms with Crippen LogP contribution in [0.4, 0.5) is 5.69 Å². The molecular weight excluding hydrogens is 332 g/mol. The molecule has 0 unspecified atom stereocenters. The molecular formula is C23H34N4. The van der Waals surface area contributed by atoms with E-state index in [2.05, 4.69) is 50.3 Å². The van der Waals surface area contributed by atoms with Gasteiger partial charge in [0.05, 0.1) is 17.3 Å². The maximum Gasteiger partial charge on any atom is 0.0992 e. The topological polar surface area (TPSA) is 51.1 Å². The molecule has 4 heteroatoms. The lowest BCUT2D eigenvalue weighted by Gasteiger charge is -2.21. The number of nitrogens with zero attached hydrogens (tertiary/aromatic N) is 2. The van der Waals surface area contributed by atoms with Crippen LogP contribution in [-0.4, -0.2) is 25.5 Å². The van der Waals surface area contributed by atoms with Gasteiger partial charge >= 0.3 is 0 Å². The highest BCUT2D eigenvalue weighted by molar-refractivity contribution is 5.74. The van der Waals surface area contributed by atoms with Crippen LogP contribution in [0.1, 0.15) is 43.9 Å². The van der Waals surface area contributed by atoms with E-state index in [0.29, 0.717) is 5.56 Å². The van der Waals surface area contributed by atoms with Crippen LogP contribution in [-0.2, 0) is 0 Å². The number of nitriles is 1. The van der Waals surface area contributed by atoms with E-state index in [1.54, 1.807) is 6.08 Å². The van der Waals surface area contributed by atoms with Gasteiger partial charge in [0.2, 0.25) is 0 Å². The number of anilines is 1. The van der Waals surface area contributed by atoms with Crippen molar-refractivity contribution in [2.24, 2.45) is 0 Å². The maximum atomic E-state index is 9.35. The number of nitrogens with one attached hydrogen (secondary N) is 2. The first-order valence-electron chi connectivity index (χ1n) is 9.20. The summed E-state index contributed by atoms with van der Waals surface area (Å²) in [6.07, 6.45) is 4.81. The zero-order valence-corrected chi connectivity index (χ0v) is 17.7. The molecule has 0 saturated heterocycles. The lowest BCUT2D eigenvalue weighted by Crippen LogP contribution is -2.13. The van der Waals surface area contributed by atoms with E-state index in [1.807, 2.05) is 51.2 Å². The van der Waals surface area contributed by atoms with Crippen LogP contribution in [0.5, 0.6) is 0 Å². The van der Waals surface area contributed by atoms with Crippen molar-refractivity contribution in [1.29, 1.82) is 5.26 Å². The fourth-order valence-corrected chi connectivity index (χ4v) is 2.12. The van der Waals surface area contributed by atoms with Crippen molar-refractivity contribution < 1.29 is 0 Å². The van der Waals surface area contributed by atoms with Crippen molar-refractivity contribution in [2.45, 2.75) is 34.1 Å².